The predicted molar refractivity (Wildman–Crippen MR) is 78.4 cm³/mol. The second-order valence-corrected chi connectivity index (χ2v) is 5.56. The van der Waals surface area contributed by atoms with Crippen molar-refractivity contribution in [2.75, 3.05) is 19.6 Å². The Bertz CT molecular complexity index is 399. The second-order valence-electron chi connectivity index (χ2n) is 5.12. The third-order valence-corrected chi connectivity index (χ3v) is 3.84. The Labute approximate surface area is 119 Å². The van der Waals surface area contributed by atoms with Crippen LogP contribution < -0.4 is 10.6 Å². The van der Waals surface area contributed by atoms with Crippen LogP contribution in [0.4, 0.5) is 0 Å². The lowest BCUT2D eigenvalue weighted by molar-refractivity contribution is -0.121. The highest BCUT2D eigenvalue weighted by atomic mass is 35.5. The number of carbonyl (C=O) groups excluding carboxylic acids is 1. The highest BCUT2D eigenvalue weighted by molar-refractivity contribution is 6.30. The lowest BCUT2D eigenvalue weighted by atomic mass is 10.1. The van der Waals surface area contributed by atoms with Gasteiger partial charge in [0.25, 0.3) is 0 Å². The van der Waals surface area contributed by atoms with Crippen LogP contribution in [0.15, 0.2) is 24.3 Å². The normalized spacial score (nSPS) is 18.5. The fraction of sp³-hybridized carbons (Fsp3) is 0.533. The number of nitrogens with one attached hydrogen (secondary N) is 2. The van der Waals surface area contributed by atoms with Gasteiger partial charge in [-0.2, -0.15) is 0 Å². The summed E-state index contributed by atoms with van der Waals surface area (Å²) in [6.07, 6.45) is 3.64. The highest BCUT2D eigenvalue weighted by Crippen LogP contribution is 2.12. The SMILES string of the molecule is O=C(CCc1ccc(Cl)cc1)NCCC1CCNC1. The molecule has 2 rings (SSSR count). The first-order valence-corrected chi connectivity index (χ1v) is 7.33. The summed E-state index contributed by atoms with van der Waals surface area (Å²) in [7, 11) is 0. The van der Waals surface area contributed by atoms with E-state index in [-0.39, 0.29) is 5.91 Å². The van der Waals surface area contributed by atoms with Crippen molar-refractivity contribution in [3.63, 3.8) is 0 Å². The molecule has 1 fully saturated rings. The van der Waals surface area contributed by atoms with E-state index < -0.39 is 0 Å². The molecular weight excluding hydrogens is 260 g/mol. The maximum atomic E-state index is 11.7. The zero-order valence-electron chi connectivity index (χ0n) is 11.1. The molecule has 4 heteroatoms. The minimum Gasteiger partial charge on any atom is -0.356 e. The highest BCUT2D eigenvalue weighted by Gasteiger charge is 2.13. The molecule has 2 N–H and O–H groups in total. The summed E-state index contributed by atoms with van der Waals surface area (Å²) in [6, 6.07) is 7.67. The molecule has 1 aliphatic heterocycles. The van der Waals surface area contributed by atoms with Gasteiger partial charge in [-0.05, 0) is 56.0 Å². The molecule has 0 aliphatic carbocycles. The van der Waals surface area contributed by atoms with Crippen LogP contribution in [-0.4, -0.2) is 25.5 Å². The van der Waals surface area contributed by atoms with Gasteiger partial charge in [-0.1, -0.05) is 23.7 Å². The Balaban J connectivity index is 1.60. The fourth-order valence-electron chi connectivity index (χ4n) is 2.37. The standard InChI is InChI=1S/C15H21ClN2O/c16-14-4-1-12(2-5-14)3-6-15(19)18-10-8-13-7-9-17-11-13/h1-2,4-5,13,17H,3,6-11H2,(H,18,19). The summed E-state index contributed by atoms with van der Waals surface area (Å²) in [5.41, 5.74) is 1.15. The van der Waals surface area contributed by atoms with Crippen molar-refractivity contribution in [3.8, 4) is 0 Å². The molecule has 19 heavy (non-hydrogen) atoms. The quantitative estimate of drug-likeness (QED) is 0.840. The van der Waals surface area contributed by atoms with Gasteiger partial charge in [-0.15, -0.1) is 0 Å². The molecule has 1 amide bonds. The molecule has 0 saturated carbocycles. The predicted octanol–water partition coefficient (Wildman–Crippen LogP) is 2.39. The minimum atomic E-state index is 0.140. The van der Waals surface area contributed by atoms with Crippen LogP contribution in [0.3, 0.4) is 0 Å². The van der Waals surface area contributed by atoms with E-state index in [2.05, 4.69) is 10.6 Å². The minimum absolute atomic E-state index is 0.140. The lowest BCUT2D eigenvalue weighted by Crippen LogP contribution is -2.26. The summed E-state index contributed by atoms with van der Waals surface area (Å²) >= 11 is 5.82. The number of hydrogen-bond donors (Lipinski definition) is 2. The van der Waals surface area contributed by atoms with Gasteiger partial charge in [0, 0.05) is 18.0 Å². The summed E-state index contributed by atoms with van der Waals surface area (Å²) in [4.78, 5) is 11.7. The second kappa shape index (κ2) is 7.51. The number of rotatable bonds is 6. The van der Waals surface area contributed by atoms with E-state index in [9.17, 15) is 4.79 Å². The lowest BCUT2D eigenvalue weighted by Gasteiger charge is -2.09. The zero-order valence-corrected chi connectivity index (χ0v) is 11.9. The zero-order chi connectivity index (χ0) is 13.5. The van der Waals surface area contributed by atoms with E-state index in [4.69, 9.17) is 11.6 Å². The van der Waals surface area contributed by atoms with Crippen molar-refractivity contribution >= 4 is 17.5 Å². The number of carbonyl (C=O) groups is 1. The molecule has 1 unspecified atom stereocenters. The molecule has 1 aromatic rings. The smallest absolute Gasteiger partial charge is 0.220 e. The molecule has 0 aromatic heterocycles. The molecular formula is C15H21ClN2O. The van der Waals surface area contributed by atoms with Gasteiger partial charge in [0.2, 0.25) is 5.91 Å². The number of hydrogen-bond acceptors (Lipinski definition) is 2. The van der Waals surface area contributed by atoms with Gasteiger partial charge in [-0.25, -0.2) is 0 Å². The number of amides is 1. The Morgan fingerprint density at radius 2 is 2.16 bits per heavy atom. The van der Waals surface area contributed by atoms with Crippen LogP contribution in [0, 0.1) is 5.92 Å². The number of benzene rings is 1. The Kier molecular flexibility index (Phi) is 5.67. The van der Waals surface area contributed by atoms with Crippen molar-refractivity contribution in [3.05, 3.63) is 34.9 Å². The van der Waals surface area contributed by atoms with Gasteiger partial charge >= 0.3 is 0 Å². The van der Waals surface area contributed by atoms with Crippen LogP contribution in [-0.2, 0) is 11.2 Å². The van der Waals surface area contributed by atoms with Crippen molar-refractivity contribution in [1.29, 1.82) is 0 Å². The summed E-state index contributed by atoms with van der Waals surface area (Å²) in [5.74, 6) is 0.873. The molecule has 1 aliphatic rings. The Morgan fingerprint density at radius 1 is 1.37 bits per heavy atom. The molecule has 1 aromatic carbocycles. The number of halogens is 1. The van der Waals surface area contributed by atoms with E-state index >= 15 is 0 Å². The van der Waals surface area contributed by atoms with Gasteiger partial charge < -0.3 is 10.6 Å². The van der Waals surface area contributed by atoms with Crippen molar-refractivity contribution < 1.29 is 4.79 Å². The van der Waals surface area contributed by atoms with E-state index in [0.717, 1.165) is 49.0 Å². The van der Waals surface area contributed by atoms with Crippen LogP contribution in [0.1, 0.15) is 24.8 Å². The first kappa shape index (κ1) is 14.4. The first-order valence-electron chi connectivity index (χ1n) is 6.96. The van der Waals surface area contributed by atoms with Gasteiger partial charge in [0.15, 0.2) is 0 Å². The van der Waals surface area contributed by atoms with E-state index in [1.165, 1.54) is 6.42 Å². The molecule has 3 nitrogen and oxygen atoms in total. The molecule has 0 spiro atoms. The molecule has 0 radical (unpaired) electrons. The monoisotopic (exact) mass is 280 g/mol. The summed E-state index contributed by atoms with van der Waals surface area (Å²) in [5, 5.41) is 7.07. The number of aryl methyl sites for hydroxylation is 1. The molecule has 1 atom stereocenters. The molecule has 0 bridgehead atoms. The average Bonchev–Trinajstić information content (AvgIpc) is 2.91. The fourth-order valence-corrected chi connectivity index (χ4v) is 2.50. The maximum absolute atomic E-state index is 11.7. The van der Waals surface area contributed by atoms with Crippen molar-refractivity contribution in [1.82, 2.24) is 10.6 Å². The van der Waals surface area contributed by atoms with E-state index in [1.54, 1.807) is 0 Å². The van der Waals surface area contributed by atoms with Crippen molar-refractivity contribution in [2.45, 2.75) is 25.7 Å². The largest absolute Gasteiger partial charge is 0.356 e. The van der Waals surface area contributed by atoms with Crippen molar-refractivity contribution in [2.24, 2.45) is 5.92 Å². The third-order valence-electron chi connectivity index (χ3n) is 3.59. The van der Waals surface area contributed by atoms with E-state index in [0.29, 0.717) is 6.42 Å². The Hall–Kier alpha value is -1.06. The molecule has 104 valence electrons. The van der Waals surface area contributed by atoms with Crippen LogP contribution in [0.5, 0.6) is 0 Å². The molecule has 1 heterocycles. The topological polar surface area (TPSA) is 41.1 Å². The van der Waals surface area contributed by atoms with E-state index in [1.807, 2.05) is 24.3 Å². The molecule has 1 saturated heterocycles. The van der Waals surface area contributed by atoms with Crippen LogP contribution in [0.2, 0.25) is 5.02 Å². The first-order chi connectivity index (χ1) is 9.24. The van der Waals surface area contributed by atoms with Gasteiger partial charge in [-0.3, -0.25) is 4.79 Å². The van der Waals surface area contributed by atoms with Crippen LogP contribution in [0.25, 0.3) is 0 Å². The summed E-state index contributed by atoms with van der Waals surface area (Å²) in [6.45, 7) is 3.02. The Morgan fingerprint density at radius 3 is 2.84 bits per heavy atom. The van der Waals surface area contributed by atoms with Crippen LogP contribution >= 0.6 is 11.6 Å². The van der Waals surface area contributed by atoms with Gasteiger partial charge in [0.1, 0.15) is 0 Å². The summed E-state index contributed by atoms with van der Waals surface area (Å²) < 4.78 is 0. The van der Waals surface area contributed by atoms with Gasteiger partial charge in [0.05, 0.1) is 0 Å². The average molecular weight is 281 g/mol. The third kappa shape index (κ3) is 5.21. The maximum Gasteiger partial charge on any atom is 0.220 e.